The van der Waals surface area contributed by atoms with E-state index in [9.17, 15) is 0 Å². The minimum atomic E-state index is 0.149. The van der Waals surface area contributed by atoms with Crippen molar-refractivity contribution in [2.75, 3.05) is 30.8 Å². The number of methoxy groups -OCH3 is 1. The quantitative estimate of drug-likeness (QED) is 0.739. The second kappa shape index (κ2) is 4.74. The molecule has 3 aromatic rings. The van der Waals surface area contributed by atoms with E-state index in [1.807, 2.05) is 18.2 Å². The van der Waals surface area contributed by atoms with Gasteiger partial charge in [-0.2, -0.15) is 4.98 Å². The Hall–Kier alpha value is -2.54. The van der Waals surface area contributed by atoms with Crippen molar-refractivity contribution in [1.82, 2.24) is 9.97 Å². The van der Waals surface area contributed by atoms with E-state index in [1.165, 1.54) is 0 Å². The zero-order valence-corrected chi connectivity index (χ0v) is 12.2. The zero-order valence-electron chi connectivity index (χ0n) is 12.2. The lowest BCUT2D eigenvalue weighted by Gasteiger charge is -2.16. The highest BCUT2D eigenvalue weighted by molar-refractivity contribution is 6.06. The molecule has 0 aliphatic carbocycles. The van der Waals surface area contributed by atoms with Crippen molar-refractivity contribution in [2.24, 2.45) is 5.73 Å². The van der Waals surface area contributed by atoms with Crippen LogP contribution in [0.1, 0.15) is 6.42 Å². The molecule has 1 aromatic carbocycles. The number of aromatic nitrogens is 2. The first kappa shape index (κ1) is 13.1. The van der Waals surface area contributed by atoms with Crippen LogP contribution in [0.25, 0.3) is 22.1 Å². The smallest absolute Gasteiger partial charge is 0.222 e. The predicted octanol–water partition coefficient (Wildman–Crippen LogP) is 1.50. The molecule has 0 bridgehead atoms. The van der Waals surface area contributed by atoms with Gasteiger partial charge in [-0.25, -0.2) is 4.98 Å². The zero-order chi connectivity index (χ0) is 15.3. The number of rotatable bonds is 2. The number of furan rings is 1. The number of anilines is 2. The topological polar surface area (TPSA) is 103 Å². The first-order valence-corrected chi connectivity index (χ1v) is 7.20. The number of hydrogen-bond acceptors (Lipinski definition) is 7. The van der Waals surface area contributed by atoms with E-state index in [0.717, 1.165) is 36.2 Å². The molecule has 7 heteroatoms. The number of benzene rings is 1. The van der Waals surface area contributed by atoms with E-state index in [2.05, 4.69) is 14.9 Å². The number of ether oxygens (including phenoxy) is 1. The molecule has 1 saturated heterocycles. The lowest BCUT2D eigenvalue weighted by molar-refractivity contribution is 0.415. The maximum absolute atomic E-state index is 5.99. The van der Waals surface area contributed by atoms with E-state index in [1.54, 1.807) is 7.11 Å². The third kappa shape index (κ3) is 1.93. The maximum Gasteiger partial charge on any atom is 0.222 e. The summed E-state index contributed by atoms with van der Waals surface area (Å²) in [7, 11) is 1.63. The molecule has 114 valence electrons. The van der Waals surface area contributed by atoms with Crippen molar-refractivity contribution in [3.63, 3.8) is 0 Å². The van der Waals surface area contributed by atoms with Crippen molar-refractivity contribution in [3.05, 3.63) is 18.2 Å². The van der Waals surface area contributed by atoms with E-state index < -0.39 is 0 Å². The average molecular weight is 299 g/mol. The molecule has 3 heterocycles. The summed E-state index contributed by atoms with van der Waals surface area (Å²) >= 11 is 0. The lowest BCUT2D eigenvalue weighted by atomic mass is 10.2. The number of nitrogens with two attached hydrogens (primary N) is 2. The predicted molar refractivity (Wildman–Crippen MR) is 85.1 cm³/mol. The van der Waals surface area contributed by atoms with Crippen LogP contribution in [0.3, 0.4) is 0 Å². The monoisotopic (exact) mass is 299 g/mol. The van der Waals surface area contributed by atoms with Crippen LogP contribution in [0.5, 0.6) is 5.75 Å². The Morgan fingerprint density at radius 2 is 2.23 bits per heavy atom. The Labute approximate surface area is 126 Å². The Morgan fingerprint density at radius 3 is 2.95 bits per heavy atom. The van der Waals surface area contributed by atoms with Gasteiger partial charge in [-0.1, -0.05) is 0 Å². The molecule has 1 fully saturated rings. The highest BCUT2D eigenvalue weighted by Gasteiger charge is 2.25. The van der Waals surface area contributed by atoms with E-state index in [-0.39, 0.29) is 12.0 Å². The standard InChI is InChI=1S/C15H17N5O2/c1-21-9-2-3-11-10(6-9)12-13(22-11)14(19-15(17)18-12)20-5-4-8(16)7-20/h2-3,6,8H,4-5,7,16H2,1H3,(H2,17,18,19). The lowest BCUT2D eigenvalue weighted by Crippen LogP contribution is -2.27. The summed E-state index contributed by atoms with van der Waals surface area (Å²) in [6.07, 6.45) is 0.930. The van der Waals surface area contributed by atoms with Gasteiger partial charge in [0, 0.05) is 19.1 Å². The molecule has 1 atom stereocenters. The summed E-state index contributed by atoms with van der Waals surface area (Å²) in [6, 6.07) is 5.77. The highest BCUT2D eigenvalue weighted by Crippen LogP contribution is 2.35. The van der Waals surface area contributed by atoms with Gasteiger partial charge in [0.1, 0.15) is 16.8 Å². The molecule has 4 rings (SSSR count). The van der Waals surface area contributed by atoms with Crippen LogP contribution in [0, 0.1) is 0 Å². The summed E-state index contributed by atoms with van der Waals surface area (Å²) in [6.45, 7) is 1.58. The number of fused-ring (bicyclic) bond motifs is 3. The number of nitrogen functional groups attached to an aromatic ring is 1. The fraction of sp³-hybridized carbons (Fsp3) is 0.333. The molecule has 22 heavy (non-hydrogen) atoms. The summed E-state index contributed by atoms with van der Waals surface area (Å²) in [5, 5.41) is 0.869. The van der Waals surface area contributed by atoms with Crippen LogP contribution < -0.4 is 21.1 Å². The van der Waals surface area contributed by atoms with Crippen molar-refractivity contribution >= 4 is 33.8 Å². The van der Waals surface area contributed by atoms with Gasteiger partial charge in [0.15, 0.2) is 11.4 Å². The molecule has 0 amide bonds. The van der Waals surface area contributed by atoms with E-state index >= 15 is 0 Å². The van der Waals surface area contributed by atoms with Crippen LogP contribution >= 0.6 is 0 Å². The molecular formula is C15H17N5O2. The summed E-state index contributed by atoms with van der Waals surface area (Å²) in [5.74, 6) is 1.69. The Morgan fingerprint density at radius 1 is 1.36 bits per heavy atom. The van der Waals surface area contributed by atoms with Crippen LogP contribution in [0.15, 0.2) is 22.6 Å². The SMILES string of the molecule is COc1ccc2oc3c(N4CCC(N)C4)nc(N)nc3c2c1. The van der Waals surface area contributed by atoms with Gasteiger partial charge >= 0.3 is 0 Å². The molecule has 0 spiro atoms. The molecule has 0 radical (unpaired) electrons. The van der Waals surface area contributed by atoms with Crippen molar-refractivity contribution in [1.29, 1.82) is 0 Å². The highest BCUT2D eigenvalue weighted by atomic mass is 16.5. The first-order valence-electron chi connectivity index (χ1n) is 7.20. The van der Waals surface area contributed by atoms with Gasteiger partial charge in [-0.3, -0.25) is 0 Å². The molecule has 1 unspecified atom stereocenters. The molecular weight excluding hydrogens is 282 g/mol. The molecule has 7 nitrogen and oxygen atoms in total. The second-order valence-corrected chi connectivity index (χ2v) is 5.54. The third-order valence-corrected chi connectivity index (χ3v) is 4.04. The average Bonchev–Trinajstić information content (AvgIpc) is 3.09. The molecule has 4 N–H and O–H groups in total. The molecule has 0 saturated carbocycles. The summed E-state index contributed by atoms with van der Waals surface area (Å²) in [4.78, 5) is 10.8. The van der Waals surface area contributed by atoms with Gasteiger partial charge in [-0.05, 0) is 24.6 Å². The van der Waals surface area contributed by atoms with Crippen LogP contribution in [-0.4, -0.2) is 36.2 Å². The van der Waals surface area contributed by atoms with Crippen LogP contribution in [0.4, 0.5) is 11.8 Å². The minimum absolute atomic E-state index is 0.149. The van der Waals surface area contributed by atoms with E-state index in [0.29, 0.717) is 16.9 Å². The first-order chi connectivity index (χ1) is 10.7. The fourth-order valence-electron chi connectivity index (χ4n) is 2.95. The molecule has 1 aliphatic heterocycles. The second-order valence-electron chi connectivity index (χ2n) is 5.54. The van der Waals surface area contributed by atoms with Gasteiger partial charge in [0.05, 0.1) is 12.5 Å². The number of nitrogens with zero attached hydrogens (tertiary/aromatic N) is 3. The maximum atomic E-state index is 5.99. The largest absolute Gasteiger partial charge is 0.497 e. The van der Waals surface area contributed by atoms with Gasteiger partial charge in [0.2, 0.25) is 5.95 Å². The van der Waals surface area contributed by atoms with Gasteiger partial charge in [0.25, 0.3) is 0 Å². The van der Waals surface area contributed by atoms with Crippen molar-refractivity contribution < 1.29 is 9.15 Å². The number of hydrogen-bond donors (Lipinski definition) is 2. The molecule has 2 aromatic heterocycles. The van der Waals surface area contributed by atoms with E-state index in [4.69, 9.17) is 20.6 Å². The summed E-state index contributed by atoms with van der Waals surface area (Å²) in [5.41, 5.74) is 14.0. The minimum Gasteiger partial charge on any atom is -0.497 e. The molecule has 1 aliphatic rings. The fourth-order valence-corrected chi connectivity index (χ4v) is 2.95. The normalized spacial score (nSPS) is 18.5. The van der Waals surface area contributed by atoms with Crippen LogP contribution in [0.2, 0.25) is 0 Å². The Balaban J connectivity index is 1.97. The van der Waals surface area contributed by atoms with Crippen molar-refractivity contribution in [2.45, 2.75) is 12.5 Å². The summed E-state index contributed by atoms with van der Waals surface area (Å²) < 4.78 is 11.2. The Kier molecular flexibility index (Phi) is 2.83. The van der Waals surface area contributed by atoms with Gasteiger partial charge in [-0.15, -0.1) is 0 Å². The van der Waals surface area contributed by atoms with Crippen LogP contribution in [-0.2, 0) is 0 Å². The Bertz CT molecular complexity index is 860. The van der Waals surface area contributed by atoms with Gasteiger partial charge < -0.3 is 25.5 Å². The third-order valence-electron chi connectivity index (χ3n) is 4.04. The van der Waals surface area contributed by atoms with Crippen molar-refractivity contribution in [3.8, 4) is 5.75 Å².